The van der Waals surface area contributed by atoms with E-state index in [4.69, 9.17) is 19.7 Å². The van der Waals surface area contributed by atoms with E-state index in [0.717, 1.165) is 11.4 Å². The molecule has 14 nitrogen and oxygen atoms in total. The molecular formula is C30H36N8O6. The van der Waals surface area contributed by atoms with Gasteiger partial charge < -0.3 is 30.3 Å². The van der Waals surface area contributed by atoms with Crippen molar-refractivity contribution in [2.45, 2.75) is 39.8 Å². The molecule has 0 fully saturated rings. The minimum absolute atomic E-state index is 0.269. The fraction of sp³-hybridized carbons (Fsp3) is 0.267. The van der Waals surface area contributed by atoms with Crippen molar-refractivity contribution in [3.05, 3.63) is 73.3 Å². The van der Waals surface area contributed by atoms with Gasteiger partial charge in [0.25, 0.3) is 0 Å². The molecule has 4 rings (SSSR count). The number of aliphatic carboxylic acids is 2. The number of nitrogens with zero attached hydrogens (tertiary/aromatic N) is 6. The van der Waals surface area contributed by atoms with Crippen molar-refractivity contribution in [2.75, 3.05) is 24.9 Å². The lowest BCUT2D eigenvalue weighted by Crippen LogP contribution is -2.13. The van der Waals surface area contributed by atoms with Crippen LogP contribution in [0.15, 0.2) is 73.3 Å². The molecule has 14 heteroatoms. The van der Waals surface area contributed by atoms with Gasteiger partial charge >= 0.3 is 11.9 Å². The summed E-state index contributed by atoms with van der Waals surface area (Å²) in [5.41, 5.74) is 1.49. The quantitative estimate of drug-likeness (QED) is 0.185. The Morgan fingerprint density at radius 1 is 0.682 bits per heavy atom. The molecule has 0 amide bonds. The molecule has 4 heterocycles. The van der Waals surface area contributed by atoms with Gasteiger partial charge in [-0.05, 0) is 52.0 Å². The van der Waals surface area contributed by atoms with Crippen molar-refractivity contribution in [1.29, 1.82) is 0 Å². The predicted octanol–water partition coefficient (Wildman–Crippen LogP) is 4.45. The molecule has 0 aliphatic carbocycles. The number of rotatable bonds is 10. The van der Waals surface area contributed by atoms with Crippen LogP contribution in [0.4, 0.5) is 11.6 Å². The molecule has 0 unspecified atom stereocenters. The third kappa shape index (κ3) is 12.1. The first-order chi connectivity index (χ1) is 21.0. The highest BCUT2D eigenvalue weighted by atomic mass is 16.5. The van der Waals surface area contributed by atoms with Crippen LogP contribution in [0.2, 0.25) is 0 Å². The Kier molecular flexibility index (Phi) is 14.1. The lowest BCUT2D eigenvalue weighted by Gasteiger charge is -2.13. The number of anilines is 2. The first kappa shape index (κ1) is 34.5. The molecule has 0 aliphatic rings. The van der Waals surface area contributed by atoms with Crippen LogP contribution in [0.3, 0.4) is 0 Å². The van der Waals surface area contributed by atoms with Gasteiger partial charge in [-0.2, -0.15) is 0 Å². The van der Waals surface area contributed by atoms with E-state index in [2.05, 4.69) is 40.5 Å². The highest BCUT2D eigenvalue weighted by Crippen LogP contribution is 2.25. The fourth-order valence-corrected chi connectivity index (χ4v) is 3.17. The molecule has 232 valence electrons. The molecule has 44 heavy (non-hydrogen) atoms. The summed E-state index contributed by atoms with van der Waals surface area (Å²) in [6.07, 6.45) is 7.87. The number of ether oxygens (including phenoxy) is 2. The predicted molar refractivity (Wildman–Crippen MR) is 166 cm³/mol. The molecule has 0 aliphatic heterocycles. The summed E-state index contributed by atoms with van der Waals surface area (Å²) in [5, 5.41) is 22.1. The lowest BCUT2D eigenvalue weighted by molar-refractivity contribution is -0.134. The zero-order valence-corrected chi connectivity index (χ0v) is 25.3. The van der Waals surface area contributed by atoms with Crippen LogP contribution in [0.5, 0.6) is 11.5 Å². The average Bonchev–Trinajstić information content (AvgIpc) is 3.01. The second kappa shape index (κ2) is 18.0. The average molecular weight is 605 g/mol. The monoisotopic (exact) mass is 604 g/mol. The molecule has 0 spiro atoms. The molecule has 4 aromatic heterocycles. The third-order valence-electron chi connectivity index (χ3n) is 4.96. The molecular weight excluding hydrogens is 568 g/mol. The maximum absolute atomic E-state index is 9.55. The highest BCUT2D eigenvalue weighted by molar-refractivity contribution is 5.89. The summed E-state index contributed by atoms with van der Waals surface area (Å²) < 4.78 is 10.5. The summed E-state index contributed by atoms with van der Waals surface area (Å²) in [6.45, 7) is 8.17. The van der Waals surface area contributed by atoms with Gasteiger partial charge in [-0.25, -0.2) is 29.5 Å². The van der Waals surface area contributed by atoms with Crippen LogP contribution in [0.1, 0.15) is 27.7 Å². The van der Waals surface area contributed by atoms with Crippen LogP contribution in [0, 0.1) is 0 Å². The molecule has 0 aromatic carbocycles. The number of methoxy groups -OCH3 is 2. The van der Waals surface area contributed by atoms with E-state index in [-0.39, 0.29) is 12.1 Å². The van der Waals surface area contributed by atoms with Gasteiger partial charge in [0, 0.05) is 36.6 Å². The van der Waals surface area contributed by atoms with E-state index in [1.165, 1.54) is 0 Å². The number of carboxylic acid groups (broad SMARTS) is 2. The minimum atomic E-state index is -1.26. The number of pyridine rings is 2. The van der Waals surface area contributed by atoms with Gasteiger partial charge in [0.1, 0.15) is 11.4 Å². The van der Waals surface area contributed by atoms with E-state index in [0.29, 0.717) is 46.9 Å². The number of aromatic nitrogens is 6. The van der Waals surface area contributed by atoms with E-state index < -0.39 is 11.9 Å². The standard InChI is InChI=1S/2C13H16N4O.C4H4O4/c2*1-9(2)16-13-11(18-3)8-15-12(17-13)10-6-4-5-7-14-10;5-3(6)1-2-4(7)8/h2*4-9H,1-3H3,(H,15,16,17);1-2H,(H,5,6)(H,7,8)/b;;2-1+. The van der Waals surface area contributed by atoms with Gasteiger partial charge in [0.2, 0.25) is 0 Å². The zero-order valence-electron chi connectivity index (χ0n) is 25.3. The van der Waals surface area contributed by atoms with E-state index in [1.807, 2.05) is 64.1 Å². The van der Waals surface area contributed by atoms with Gasteiger partial charge in [-0.1, -0.05) is 12.1 Å². The summed E-state index contributed by atoms with van der Waals surface area (Å²) >= 11 is 0. The normalized spacial score (nSPS) is 10.3. The smallest absolute Gasteiger partial charge is 0.328 e. The summed E-state index contributed by atoms with van der Waals surface area (Å²) in [4.78, 5) is 45.0. The molecule has 0 saturated heterocycles. The van der Waals surface area contributed by atoms with Crippen molar-refractivity contribution in [3.8, 4) is 34.5 Å². The Labute approximate surface area is 255 Å². The highest BCUT2D eigenvalue weighted by Gasteiger charge is 2.11. The number of hydrogen-bond donors (Lipinski definition) is 4. The number of nitrogens with one attached hydrogen (secondary N) is 2. The Morgan fingerprint density at radius 2 is 1.07 bits per heavy atom. The van der Waals surface area contributed by atoms with Crippen molar-refractivity contribution >= 4 is 23.6 Å². The molecule has 4 N–H and O–H groups in total. The van der Waals surface area contributed by atoms with Crippen molar-refractivity contribution < 1.29 is 29.3 Å². The van der Waals surface area contributed by atoms with E-state index in [9.17, 15) is 9.59 Å². The van der Waals surface area contributed by atoms with Gasteiger partial charge in [0.15, 0.2) is 34.8 Å². The van der Waals surface area contributed by atoms with E-state index in [1.54, 1.807) is 39.0 Å². The summed E-state index contributed by atoms with van der Waals surface area (Å²) in [6, 6.07) is 11.8. The molecule has 4 aromatic rings. The SMILES string of the molecule is COc1cnc(-c2ccccn2)nc1NC(C)C.COc1cnc(-c2ccccn2)nc1NC(C)C.O=C(O)/C=C/C(=O)O. The van der Waals surface area contributed by atoms with Crippen molar-refractivity contribution in [1.82, 2.24) is 29.9 Å². The maximum atomic E-state index is 9.55. The first-order valence-corrected chi connectivity index (χ1v) is 13.4. The lowest BCUT2D eigenvalue weighted by atomic mass is 10.3. The largest absolute Gasteiger partial charge is 0.491 e. The first-order valence-electron chi connectivity index (χ1n) is 13.4. The maximum Gasteiger partial charge on any atom is 0.328 e. The van der Waals surface area contributed by atoms with Crippen LogP contribution in [0.25, 0.3) is 23.0 Å². The zero-order chi connectivity index (χ0) is 32.5. The van der Waals surface area contributed by atoms with Gasteiger partial charge in [-0.3, -0.25) is 9.97 Å². The van der Waals surface area contributed by atoms with E-state index >= 15 is 0 Å². The van der Waals surface area contributed by atoms with Gasteiger partial charge in [-0.15, -0.1) is 0 Å². The Hall–Kier alpha value is -5.66. The van der Waals surface area contributed by atoms with Gasteiger partial charge in [0.05, 0.1) is 26.6 Å². The third-order valence-corrected chi connectivity index (χ3v) is 4.96. The number of carboxylic acids is 2. The van der Waals surface area contributed by atoms with Crippen LogP contribution in [-0.2, 0) is 9.59 Å². The molecule has 0 saturated carbocycles. The molecule has 0 bridgehead atoms. The van der Waals surface area contributed by atoms with Crippen LogP contribution >= 0.6 is 0 Å². The molecule has 0 atom stereocenters. The topological polar surface area (TPSA) is 194 Å². The second-order valence-corrected chi connectivity index (χ2v) is 9.26. The van der Waals surface area contributed by atoms with Crippen LogP contribution < -0.4 is 20.1 Å². The summed E-state index contributed by atoms with van der Waals surface area (Å²) in [7, 11) is 3.20. The molecule has 0 radical (unpaired) electrons. The Bertz CT molecular complexity index is 1390. The minimum Gasteiger partial charge on any atom is -0.491 e. The van der Waals surface area contributed by atoms with Crippen molar-refractivity contribution in [3.63, 3.8) is 0 Å². The number of hydrogen-bond acceptors (Lipinski definition) is 12. The Balaban J connectivity index is 0.000000248. The van der Waals surface area contributed by atoms with Crippen LogP contribution in [-0.4, -0.2) is 78.4 Å². The summed E-state index contributed by atoms with van der Waals surface area (Å²) in [5.74, 6) is 1.27. The number of carbonyl (C=O) groups is 2. The Morgan fingerprint density at radius 3 is 1.34 bits per heavy atom. The fourth-order valence-electron chi connectivity index (χ4n) is 3.17. The second-order valence-electron chi connectivity index (χ2n) is 9.26. The van der Waals surface area contributed by atoms with Crippen molar-refractivity contribution in [2.24, 2.45) is 0 Å².